The fourth-order valence-corrected chi connectivity index (χ4v) is 3.81. The van der Waals surface area contributed by atoms with Crippen LogP contribution >= 0.6 is 23.2 Å². The van der Waals surface area contributed by atoms with Gasteiger partial charge in [-0.1, -0.05) is 71.7 Å². The van der Waals surface area contributed by atoms with Gasteiger partial charge in [0.05, 0.1) is 17.3 Å². The predicted molar refractivity (Wildman–Crippen MR) is 125 cm³/mol. The van der Waals surface area contributed by atoms with Crippen molar-refractivity contribution in [2.45, 2.75) is 19.6 Å². The molecule has 0 saturated heterocycles. The Bertz CT molecular complexity index is 1160. The topological polar surface area (TPSA) is 45.1 Å². The number of aliphatic hydroxyl groups excluding tert-OH is 1. The predicted octanol–water partition coefficient (Wildman–Crippen LogP) is 6.34. The molecule has 1 aromatic heterocycles. The van der Waals surface area contributed by atoms with Crippen LogP contribution in [0.4, 0.5) is 0 Å². The smallest absolute Gasteiger partial charge is 0.0921 e. The quantitative estimate of drug-likeness (QED) is 0.370. The molecular formula is C25H22Cl2N2O. The van der Waals surface area contributed by atoms with Crippen LogP contribution in [0.1, 0.15) is 22.8 Å². The van der Waals surface area contributed by atoms with Gasteiger partial charge in [0.15, 0.2) is 0 Å². The lowest BCUT2D eigenvalue weighted by molar-refractivity contribution is 0.176. The number of aliphatic hydroxyl groups is 1. The van der Waals surface area contributed by atoms with E-state index in [4.69, 9.17) is 28.2 Å². The van der Waals surface area contributed by atoms with Crippen LogP contribution < -0.4 is 5.32 Å². The van der Waals surface area contributed by atoms with Crippen molar-refractivity contribution in [2.24, 2.45) is 0 Å². The standard InChI is InChI=1S/C25H22Cl2N2O/c1-16-22(27)12-11-20-21(24(30)15-28-14-17-5-3-2-4-6-17)13-23(29-25(16)20)18-7-9-19(26)10-8-18/h2-13,24,28,30H,14-15H2,1H3/t24-/m1/s1. The third-order valence-electron chi connectivity index (χ3n) is 5.21. The summed E-state index contributed by atoms with van der Waals surface area (Å²) in [4.78, 5) is 4.85. The first-order valence-corrected chi connectivity index (χ1v) is 10.6. The Labute approximate surface area is 186 Å². The van der Waals surface area contributed by atoms with Gasteiger partial charge in [-0.2, -0.15) is 0 Å². The van der Waals surface area contributed by atoms with Gasteiger partial charge in [-0.25, -0.2) is 4.98 Å². The molecule has 0 unspecified atom stereocenters. The van der Waals surface area contributed by atoms with E-state index in [1.165, 1.54) is 5.56 Å². The van der Waals surface area contributed by atoms with Gasteiger partial charge in [0.25, 0.3) is 0 Å². The Morgan fingerprint density at radius 1 is 0.967 bits per heavy atom. The van der Waals surface area contributed by atoms with Crippen molar-refractivity contribution in [3.8, 4) is 11.3 Å². The van der Waals surface area contributed by atoms with Gasteiger partial charge in [-0.3, -0.25) is 0 Å². The number of hydrogen-bond acceptors (Lipinski definition) is 3. The van der Waals surface area contributed by atoms with Gasteiger partial charge in [0.1, 0.15) is 0 Å². The number of rotatable bonds is 6. The summed E-state index contributed by atoms with van der Waals surface area (Å²) >= 11 is 12.4. The zero-order chi connectivity index (χ0) is 21.1. The van der Waals surface area contributed by atoms with Crippen LogP contribution in [0, 0.1) is 6.92 Å². The van der Waals surface area contributed by atoms with E-state index in [2.05, 4.69) is 17.4 Å². The first kappa shape index (κ1) is 20.8. The first-order chi connectivity index (χ1) is 14.5. The summed E-state index contributed by atoms with van der Waals surface area (Å²) in [7, 11) is 0. The van der Waals surface area contributed by atoms with Gasteiger partial charge >= 0.3 is 0 Å². The Morgan fingerprint density at radius 3 is 2.43 bits per heavy atom. The van der Waals surface area contributed by atoms with Crippen molar-refractivity contribution in [3.63, 3.8) is 0 Å². The molecule has 1 atom stereocenters. The average Bonchev–Trinajstić information content (AvgIpc) is 2.77. The van der Waals surface area contributed by atoms with E-state index >= 15 is 0 Å². The fraction of sp³-hybridized carbons (Fsp3) is 0.160. The summed E-state index contributed by atoms with van der Waals surface area (Å²) < 4.78 is 0. The first-order valence-electron chi connectivity index (χ1n) is 9.81. The van der Waals surface area contributed by atoms with Gasteiger partial charge in [-0.05, 0) is 47.9 Å². The molecule has 0 saturated carbocycles. The molecule has 152 valence electrons. The Kier molecular flexibility index (Phi) is 6.35. The largest absolute Gasteiger partial charge is 0.387 e. The molecule has 0 spiro atoms. The maximum atomic E-state index is 11.0. The van der Waals surface area contributed by atoms with E-state index in [0.717, 1.165) is 33.3 Å². The number of aromatic nitrogens is 1. The molecular weight excluding hydrogens is 415 g/mol. The highest BCUT2D eigenvalue weighted by Crippen LogP contribution is 2.33. The molecule has 0 aliphatic rings. The van der Waals surface area contributed by atoms with Crippen molar-refractivity contribution in [2.75, 3.05) is 6.54 Å². The lowest BCUT2D eigenvalue weighted by atomic mass is 9.98. The van der Waals surface area contributed by atoms with Crippen LogP contribution in [0.2, 0.25) is 10.0 Å². The minimum atomic E-state index is -0.689. The molecule has 0 fully saturated rings. The van der Waals surface area contributed by atoms with E-state index in [9.17, 15) is 5.11 Å². The van der Waals surface area contributed by atoms with Crippen LogP contribution in [0.3, 0.4) is 0 Å². The third-order valence-corrected chi connectivity index (χ3v) is 5.87. The van der Waals surface area contributed by atoms with Gasteiger partial charge in [0.2, 0.25) is 0 Å². The van der Waals surface area contributed by atoms with Crippen LogP contribution in [0.15, 0.2) is 72.8 Å². The lowest BCUT2D eigenvalue weighted by Crippen LogP contribution is -2.21. The van der Waals surface area contributed by atoms with Crippen molar-refractivity contribution in [1.29, 1.82) is 0 Å². The molecule has 2 N–H and O–H groups in total. The molecule has 30 heavy (non-hydrogen) atoms. The van der Waals surface area contributed by atoms with Crippen molar-refractivity contribution < 1.29 is 5.11 Å². The summed E-state index contributed by atoms with van der Waals surface area (Å²) in [5.41, 5.74) is 5.41. The number of halogens is 2. The van der Waals surface area contributed by atoms with Crippen LogP contribution in [0.25, 0.3) is 22.2 Å². The van der Waals surface area contributed by atoms with E-state index in [-0.39, 0.29) is 0 Å². The minimum Gasteiger partial charge on any atom is -0.387 e. The Hall–Kier alpha value is -2.43. The molecule has 3 nitrogen and oxygen atoms in total. The van der Waals surface area contributed by atoms with Crippen molar-refractivity contribution in [1.82, 2.24) is 10.3 Å². The third kappa shape index (κ3) is 4.50. The van der Waals surface area contributed by atoms with Crippen LogP contribution in [0.5, 0.6) is 0 Å². The second kappa shape index (κ2) is 9.15. The Balaban J connectivity index is 1.69. The van der Waals surface area contributed by atoms with Crippen LogP contribution in [-0.4, -0.2) is 16.6 Å². The molecule has 0 aliphatic heterocycles. The summed E-state index contributed by atoms with van der Waals surface area (Å²) in [6, 6.07) is 23.4. The zero-order valence-corrected chi connectivity index (χ0v) is 18.1. The minimum absolute atomic E-state index is 0.426. The number of pyridine rings is 1. The summed E-state index contributed by atoms with van der Waals surface area (Å²) in [6.45, 7) is 3.07. The Morgan fingerprint density at radius 2 is 1.70 bits per heavy atom. The molecule has 0 aliphatic carbocycles. The average molecular weight is 437 g/mol. The molecule has 0 radical (unpaired) electrons. The molecule has 5 heteroatoms. The highest BCUT2D eigenvalue weighted by molar-refractivity contribution is 6.32. The van der Waals surface area contributed by atoms with E-state index in [1.54, 1.807) is 0 Å². The fourth-order valence-electron chi connectivity index (χ4n) is 3.53. The number of benzene rings is 3. The number of hydrogen-bond donors (Lipinski definition) is 2. The maximum absolute atomic E-state index is 11.0. The highest BCUT2D eigenvalue weighted by atomic mass is 35.5. The molecule has 1 heterocycles. The van der Waals surface area contributed by atoms with E-state index < -0.39 is 6.10 Å². The summed E-state index contributed by atoms with van der Waals surface area (Å²) in [5, 5.41) is 16.6. The molecule has 0 amide bonds. The number of nitrogens with zero attached hydrogens (tertiary/aromatic N) is 1. The van der Waals surface area contributed by atoms with Crippen LogP contribution in [-0.2, 0) is 6.54 Å². The van der Waals surface area contributed by atoms with Gasteiger partial charge in [0, 0.05) is 34.1 Å². The zero-order valence-electron chi connectivity index (χ0n) is 16.6. The van der Waals surface area contributed by atoms with Gasteiger partial charge < -0.3 is 10.4 Å². The lowest BCUT2D eigenvalue weighted by Gasteiger charge is -2.17. The van der Waals surface area contributed by atoms with Gasteiger partial charge in [-0.15, -0.1) is 0 Å². The van der Waals surface area contributed by atoms with Crippen molar-refractivity contribution in [3.05, 3.63) is 99.5 Å². The number of aryl methyl sites for hydroxylation is 1. The SMILES string of the molecule is Cc1c(Cl)ccc2c([C@H](O)CNCc3ccccc3)cc(-c3ccc(Cl)cc3)nc12. The highest BCUT2D eigenvalue weighted by Gasteiger charge is 2.17. The molecule has 0 bridgehead atoms. The second-order valence-corrected chi connectivity index (χ2v) is 8.15. The second-order valence-electron chi connectivity index (χ2n) is 7.30. The normalized spacial score (nSPS) is 12.3. The molecule has 3 aromatic carbocycles. The van der Waals surface area contributed by atoms with E-state index in [1.807, 2.05) is 67.6 Å². The molecule has 4 aromatic rings. The molecule has 4 rings (SSSR count). The number of fused-ring (bicyclic) bond motifs is 1. The maximum Gasteiger partial charge on any atom is 0.0921 e. The summed E-state index contributed by atoms with van der Waals surface area (Å²) in [5.74, 6) is 0. The summed E-state index contributed by atoms with van der Waals surface area (Å²) in [6.07, 6.45) is -0.689. The number of nitrogens with one attached hydrogen (secondary N) is 1. The monoisotopic (exact) mass is 436 g/mol. The van der Waals surface area contributed by atoms with Crippen molar-refractivity contribution >= 4 is 34.1 Å². The van der Waals surface area contributed by atoms with E-state index in [0.29, 0.717) is 23.1 Å².